The molecule has 2 heterocycles. The van der Waals surface area contributed by atoms with Crippen molar-refractivity contribution >= 4 is 5.91 Å². The van der Waals surface area contributed by atoms with Gasteiger partial charge in [0.15, 0.2) is 5.82 Å². The maximum Gasteiger partial charge on any atom is 0.253 e. The Labute approximate surface area is 128 Å². The molecule has 6 nitrogen and oxygen atoms in total. The maximum absolute atomic E-state index is 12.6. The number of hydrogen-bond donors (Lipinski definition) is 0. The molecule has 1 amide bonds. The zero-order valence-electron chi connectivity index (χ0n) is 12.3. The van der Waals surface area contributed by atoms with Crippen LogP contribution in [0, 0.1) is 18.3 Å². The van der Waals surface area contributed by atoms with Crippen molar-refractivity contribution in [2.45, 2.75) is 25.7 Å². The van der Waals surface area contributed by atoms with Crippen molar-refractivity contribution in [1.82, 2.24) is 15.0 Å². The van der Waals surface area contributed by atoms with E-state index in [0.717, 1.165) is 12.8 Å². The Hall–Kier alpha value is -2.68. The second-order valence-electron chi connectivity index (χ2n) is 5.46. The van der Waals surface area contributed by atoms with Gasteiger partial charge in [0, 0.05) is 18.7 Å². The Morgan fingerprint density at radius 2 is 2.36 bits per heavy atom. The highest BCUT2D eigenvalue weighted by atomic mass is 16.5. The normalized spacial score (nSPS) is 18.0. The fourth-order valence-electron chi connectivity index (χ4n) is 2.75. The van der Waals surface area contributed by atoms with Gasteiger partial charge >= 0.3 is 0 Å². The molecule has 1 aromatic carbocycles. The molecular formula is C16H16N4O2. The van der Waals surface area contributed by atoms with Crippen LogP contribution in [0.5, 0.6) is 0 Å². The molecule has 0 aliphatic carbocycles. The van der Waals surface area contributed by atoms with Gasteiger partial charge in [-0.05, 0) is 38.0 Å². The van der Waals surface area contributed by atoms with Gasteiger partial charge in [-0.15, -0.1) is 0 Å². The summed E-state index contributed by atoms with van der Waals surface area (Å²) in [7, 11) is 0. The van der Waals surface area contributed by atoms with E-state index >= 15 is 0 Å². The van der Waals surface area contributed by atoms with E-state index in [1.165, 1.54) is 0 Å². The van der Waals surface area contributed by atoms with Crippen molar-refractivity contribution in [2.75, 3.05) is 13.1 Å². The van der Waals surface area contributed by atoms with Gasteiger partial charge in [0.25, 0.3) is 5.91 Å². The largest absolute Gasteiger partial charge is 0.339 e. The molecule has 1 atom stereocenters. The highest BCUT2D eigenvalue weighted by Gasteiger charge is 2.28. The number of amides is 1. The average molecular weight is 296 g/mol. The standard InChI is InChI=1S/C16H16N4O2/c1-11-18-15(22-19-11)14-6-3-7-20(10-14)16(21)13-5-2-4-12(8-13)9-17/h2,4-5,8,14H,3,6-7,10H2,1H3/t14-/m0/s1. The Bertz CT molecular complexity index is 732. The summed E-state index contributed by atoms with van der Waals surface area (Å²) < 4.78 is 5.23. The molecule has 2 aromatic rings. The molecule has 22 heavy (non-hydrogen) atoms. The topological polar surface area (TPSA) is 83.0 Å². The van der Waals surface area contributed by atoms with E-state index < -0.39 is 0 Å². The lowest BCUT2D eigenvalue weighted by Gasteiger charge is -2.31. The summed E-state index contributed by atoms with van der Waals surface area (Å²) in [5, 5.41) is 12.8. The van der Waals surface area contributed by atoms with Gasteiger partial charge in [-0.1, -0.05) is 11.2 Å². The van der Waals surface area contributed by atoms with Gasteiger partial charge in [0.1, 0.15) is 0 Å². The number of nitrogens with zero attached hydrogens (tertiary/aromatic N) is 4. The second kappa shape index (κ2) is 5.98. The van der Waals surface area contributed by atoms with Gasteiger partial charge in [-0.3, -0.25) is 4.79 Å². The van der Waals surface area contributed by atoms with Crippen LogP contribution in [-0.2, 0) is 0 Å². The fourth-order valence-corrected chi connectivity index (χ4v) is 2.75. The molecule has 0 unspecified atom stereocenters. The number of piperidine rings is 1. The number of hydrogen-bond acceptors (Lipinski definition) is 5. The molecule has 6 heteroatoms. The molecular weight excluding hydrogens is 280 g/mol. The van der Waals surface area contributed by atoms with E-state index in [1.54, 1.807) is 36.1 Å². The molecule has 0 radical (unpaired) electrons. The number of aryl methyl sites for hydroxylation is 1. The van der Waals surface area contributed by atoms with Crippen LogP contribution in [0.15, 0.2) is 28.8 Å². The lowest BCUT2D eigenvalue weighted by Crippen LogP contribution is -2.39. The van der Waals surface area contributed by atoms with Crippen LogP contribution < -0.4 is 0 Å². The molecule has 1 fully saturated rings. The van der Waals surface area contributed by atoms with Crippen LogP contribution in [-0.4, -0.2) is 34.0 Å². The summed E-state index contributed by atoms with van der Waals surface area (Å²) in [6.07, 6.45) is 1.83. The minimum absolute atomic E-state index is 0.0574. The number of benzene rings is 1. The van der Waals surface area contributed by atoms with Crippen LogP contribution in [0.25, 0.3) is 0 Å². The average Bonchev–Trinajstić information content (AvgIpc) is 3.01. The first kappa shape index (κ1) is 14.3. The first-order valence-electron chi connectivity index (χ1n) is 7.27. The van der Waals surface area contributed by atoms with Crippen molar-refractivity contribution in [3.8, 4) is 6.07 Å². The van der Waals surface area contributed by atoms with Crippen molar-refractivity contribution < 1.29 is 9.32 Å². The number of carbonyl (C=O) groups excluding carboxylic acids is 1. The zero-order valence-corrected chi connectivity index (χ0v) is 12.3. The van der Waals surface area contributed by atoms with Crippen LogP contribution in [0.1, 0.15) is 46.4 Å². The van der Waals surface area contributed by atoms with Gasteiger partial charge in [0.2, 0.25) is 5.89 Å². The molecule has 112 valence electrons. The van der Waals surface area contributed by atoms with Crippen molar-refractivity contribution in [3.63, 3.8) is 0 Å². The third-order valence-corrected chi connectivity index (χ3v) is 3.84. The Morgan fingerprint density at radius 1 is 1.50 bits per heavy atom. The van der Waals surface area contributed by atoms with E-state index in [4.69, 9.17) is 9.78 Å². The summed E-state index contributed by atoms with van der Waals surface area (Å²) in [6, 6.07) is 8.85. The monoisotopic (exact) mass is 296 g/mol. The Balaban J connectivity index is 1.76. The lowest BCUT2D eigenvalue weighted by atomic mass is 9.97. The predicted octanol–water partition coefficient (Wildman–Crippen LogP) is 2.27. The SMILES string of the molecule is Cc1noc([C@H]2CCCN(C(=O)c3cccc(C#N)c3)C2)n1. The summed E-state index contributed by atoms with van der Waals surface area (Å²) >= 11 is 0. The summed E-state index contributed by atoms with van der Waals surface area (Å²) in [5.74, 6) is 1.23. The quantitative estimate of drug-likeness (QED) is 0.849. The van der Waals surface area contributed by atoms with Gasteiger partial charge in [-0.2, -0.15) is 10.2 Å². The smallest absolute Gasteiger partial charge is 0.253 e. The summed E-state index contributed by atoms with van der Waals surface area (Å²) in [4.78, 5) is 18.7. The van der Waals surface area contributed by atoms with Crippen molar-refractivity contribution in [2.24, 2.45) is 0 Å². The van der Waals surface area contributed by atoms with Crippen LogP contribution in [0.2, 0.25) is 0 Å². The first-order valence-corrected chi connectivity index (χ1v) is 7.27. The summed E-state index contributed by atoms with van der Waals surface area (Å²) in [5.41, 5.74) is 1.04. The van der Waals surface area contributed by atoms with E-state index in [1.807, 2.05) is 0 Å². The Morgan fingerprint density at radius 3 is 3.09 bits per heavy atom. The van der Waals surface area contributed by atoms with E-state index in [-0.39, 0.29) is 11.8 Å². The van der Waals surface area contributed by atoms with E-state index in [2.05, 4.69) is 16.2 Å². The van der Waals surface area contributed by atoms with Crippen LogP contribution >= 0.6 is 0 Å². The number of likely N-dealkylation sites (tertiary alicyclic amines) is 1. The van der Waals surface area contributed by atoms with Crippen molar-refractivity contribution in [1.29, 1.82) is 5.26 Å². The van der Waals surface area contributed by atoms with Crippen LogP contribution in [0.4, 0.5) is 0 Å². The minimum atomic E-state index is -0.0574. The number of aromatic nitrogens is 2. The molecule has 1 aliphatic heterocycles. The highest BCUT2D eigenvalue weighted by molar-refractivity contribution is 5.94. The third kappa shape index (κ3) is 2.84. The highest BCUT2D eigenvalue weighted by Crippen LogP contribution is 2.26. The van der Waals surface area contributed by atoms with Crippen LogP contribution in [0.3, 0.4) is 0 Å². The van der Waals surface area contributed by atoms with Gasteiger partial charge in [-0.25, -0.2) is 0 Å². The van der Waals surface area contributed by atoms with Gasteiger partial charge < -0.3 is 9.42 Å². The molecule has 3 rings (SSSR count). The van der Waals surface area contributed by atoms with E-state index in [9.17, 15) is 4.79 Å². The predicted molar refractivity (Wildman–Crippen MR) is 78.1 cm³/mol. The third-order valence-electron chi connectivity index (χ3n) is 3.84. The maximum atomic E-state index is 12.6. The number of nitriles is 1. The van der Waals surface area contributed by atoms with E-state index in [0.29, 0.717) is 35.9 Å². The number of rotatable bonds is 2. The zero-order chi connectivity index (χ0) is 15.5. The molecule has 1 aliphatic rings. The second-order valence-corrected chi connectivity index (χ2v) is 5.46. The minimum Gasteiger partial charge on any atom is -0.339 e. The molecule has 0 bridgehead atoms. The van der Waals surface area contributed by atoms with Gasteiger partial charge in [0.05, 0.1) is 17.6 Å². The molecule has 1 aromatic heterocycles. The molecule has 0 saturated carbocycles. The van der Waals surface area contributed by atoms with Crippen molar-refractivity contribution in [3.05, 3.63) is 47.1 Å². The molecule has 0 spiro atoms. The Kier molecular flexibility index (Phi) is 3.88. The number of carbonyl (C=O) groups is 1. The fraction of sp³-hybridized carbons (Fsp3) is 0.375. The molecule has 0 N–H and O–H groups in total. The summed E-state index contributed by atoms with van der Waals surface area (Å²) in [6.45, 7) is 3.06. The lowest BCUT2D eigenvalue weighted by molar-refractivity contribution is 0.0695. The first-order chi connectivity index (χ1) is 10.7. The molecule has 1 saturated heterocycles.